The zero-order valence-electron chi connectivity index (χ0n) is 24.8. The lowest BCUT2D eigenvalue weighted by Gasteiger charge is -2.05. The summed E-state index contributed by atoms with van der Waals surface area (Å²) in [7, 11) is 0. The minimum Gasteiger partial charge on any atom is -0.508 e. The number of imide groups is 1. The molecule has 4 nitrogen and oxygen atoms in total. The third kappa shape index (κ3) is 21.1. The SMILES string of the molecule is CCCCCCCCCCCCCCCCCCCCCCCCCCC(=O)NC(=O)c1ccc(O)cc1. The van der Waals surface area contributed by atoms with E-state index >= 15 is 0 Å². The number of aromatic hydroxyl groups is 1. The fourth-order valence-corrected chi connectivity index (χ4v) is 5.12. The maximum absolute atomic E-state index is 12.0. The van der Waals surface area contributed by atoms with Crippen LogP contribution in [0, 0.1) is 0 Å². The summed E-state index contributed by atoms with van der Waals surface area (Å²) in [5, 5.41) is 11.7. The maximum Gasteiger partial charge on any atom is 0.257 e. The molecular weight excluding hydrogens is 470 g/mol. The Hall–Kier alpha value is -1.84. The van der Waals surface area contributed by atoms with Crippen molar-refractivity contribution in [1.29, 1.82) is 0 Å². The van der Waals surface area contributed by atoms with E-state index in [4.69, 9.17) is 0 Å². The van der Waals surface area contributed by atoms with Crippen molar-refractivity contribution >= 4 is 11.8 Å². The molecule has 4 heteroatoms. The van der Waals surface area contributed by atoms with Crippen molar-refractivity contribution in [3.8, 4) is 5.75 Å². The van der Waals surface area contributed by atoms with Crippen LogP contribution in [-0.2, 0) is 4.79 Å². The van der Waals surface area contributed by atoms with E-state index in [0.717, 1.165) is 19.3 Å². The number of phenols is 1. The number of carbonyl (C=O) groups excluding carboxylic acids is 2. The smallest absolute Gasteiger partial charge is 0.257 e. The summed E-state index contributed by atoms with van der Waals surface area (Å²) in [5.41, 5.74) is 0.385. The number of hydrogen-bond acceptors (Lipinski definition) is 3. The Kier molecular flexibility index (Phi) is 22.9. The van der Waals surface area contributed by atoms with Gasteiger partial charge >= 0.3 is 0 Å². The Morgan fingerprint density at radius 3 is 1.18 bits per heavy atom. The van der Waals surface area contributed by atoms with E-state index in [0.29, 0.717) is 12.0 Å². The average molecular weight is 530 g/mol. The molecule has 38 heavy (non-hydrogen) atoms. The molecule has 0 saturated heterocycles. The van der Waals surface area contributed by atoms with E-state index in [1.165, 1.54) is 159 Å². The standard InChI is InChI=1S/C34H59NO3/c1-2-3-4-5-6-7-8-9-10-11-12-13-14-15-16-17-18-19-20-21-22-23-24-25-26-33(37)35-34(38)31-27-29-32(36)30-28-31/h27-30,36H,2-26H2,1H3,(H,35,37,38). The van der Waals surface area contributed by atoms with Crippen LogP contribution < -0.4 is 5.32 Å². The van der Waals surface area contributed by atoms with Crippen LogP contribution >= 0.6 is 0 Å². The first-order valence-corrected chi connectivity index (χ1v) is 16.3. The van der Waals surface area contributed by atoms with Crippen LogP contribution in [0.1, 0.15) is 178 Å². The van der Waals surface area contributed by atoms with E-state index < -0.39 is 5.91 Å². The highest BCUT2D eigenvalue weighted by atomic mass is 16.3. The van der Waals surface area contributed by atoms with Gasteiger partial charge < -0.3 is 5.11 Å². The summed E-state index contributed by atoms with van der Waals surface area (Å²) in [6.07, 6.45) is 33.0. The number of rotatable bonds is 26. The molecule has 0 aliphatic carbocycles. The van der Waals surface area contributed by atoms with Crippen molar-refractivity contribution in [1.82, 2.24) is 5.32 Å². The van der Waals surface area contributed by atoms with Crippen LogP contribution in [0.3, 0.4) is 0 Å². The Bertz CT molecular complexity index is 685. The van der Waals surface area contributed by atoms with Crippen molar-refractivity contribution in [2.24, 2.45) is 0 Å². The second-order valence-corrected chi connectivity index (χ2v) is 11.3. The van der Waals surface area contributed by atoms with Gasteiger partial charge in [0.15, 0.2) is 0 Å². The zero-order chi connectivity index (χ0) is 27.5. The maximum atomic E-state index is 12.0. The number of amides is 2. The number of unbranched alkanes of at least 4 members (excludes halogenated alkanes) is 23. The molecule has 2 amide bonds. The summed E-state index contributed by atoms with van der Waals surface area (Å²) in [6, 6.07) is 5.91. The molecule has 1 aromatic carbocycles. The van der Waals surface area contributed by atoms with E-state index in [2.05, 4.69) is 12.2 Å². The molecule has 0 fully saturated rings. The minimum absolute atomic E-state index is 0.105. The van der Waals surface area contributed by atoms with E-state index in [1.807, 2.05) is 0 Å². The molecule has 0 radical (unpaired) electrons. The number of nitrogens with one attached hydrogen (secondary N) is 1. The van der Waals surface area contributed by atoms with Crippen molar-refractivity contribution in [3.63, 3.8) is 0 Å². The lowest BCUT2D eigenvalue weighted by Crippen LogP contribution is -2.30. The Morgan fingerprint density at radius 1 is 0.526 bits per heavy atom. The van der Waals surface area contributed by atoms with Gasteiger partial charge in [-0.3, -0.25) is 14.9 Å². The van der Waals surface area contributed by atoms with Gasteiger partial charge in [-0.25, -0.2) is 0 Å². The zero-order valence-corrected chi connectivity index (χ0v) is 24.8. The highest BCUT2D eigenvalue weighted by Crippen LogP contribution is 2.16. The average Bonchev–Trinajstić information content (AvgIpc) is 2.91. The predicted octanol–water partition coefficient (Wildman–Crippen LogP) is 10.4. The first-order chi connectivity index (χ1) is 18.6. The second kappa shape index (κ2) is 25.4. The molecule has 0 atom stereocenters. The lowest BCUT2D eigenvalue weighted by atomic mass is 10.0. The van der Waals surface area contributed by atoms with E-state index in [-0.39, 0.29) is 11.7 Å². The number of benzene rings is 1. The normalized spacial score (nSPS) is 11.1. The topological polar surface area (TPSA) is 66.4 Å². The molecule has 2 N–H and O–H groups in total. The van der Waals surface area contributed by atoms with Crippen molar-refractivity contribution in [2.75, 3.05) is 0 Å². The number of carbonyl (C=O) groups is 2. The first-order valence-electron chi connectivity index (χ1n) is 16.3. The third-order valence-electron chi connectivity index (χ3n) is 7.64. The molecule has 0 aliphatic heterocycles. The van der Waals surface area contributed by atoms with Crippen LogP contribution in [0.2, 0.25) is 0 Å². The molecule has 0 spiro atoms. The Balaban J connectivity index is 1.74. The Morgan fingerprint density at radius 2 is 0.842 bits per heavy atom. The molecule has 0 aromatic heterocycles. The Labute approximate surface area is 234 Å². The molecule has 0 bridgehead atoms. The quantitative estimate of drug-likeness (QED) is 0.117. The van der Waals surface area contributed by atoms with E-state index in [9.17, 15) is 14.7 Å². The van der Waals surface area contributed by atoms with Gasteiger partial charge in [-0.1, -0.05) is 155 Å². The van der Waals surface area contributed by atoms with E-state index in [1.54, 1.807) is 0 Å². The highest BCUT2D eigenvalue weighted by Gasteiger charge is 2.09. The monoisotopic (exact) mass is 529 g/mol. The number of hydrogen-bond donors (Lipinski definition) is 2. The predicted molar refractivity (Wildman–Crippen MR) is 162 cm³/mol. The molecule has 0 saturated carbocycles. The summed E-state index contributed by atoms with van der Waals surface area (Å²) in [4.78, 5) is 23.9. The minimum atomic E-state index is -0.403. The molecule has 1 rings (SSSR count). The van der Waals surface area contributed by atoms with Crippen LogP contribution in [-0.4, -0.2) is 16.9 Å². The van der Waals surface area contributed by atoms with Crippen LogP contribution in [0.15, 0.2) is 24.3 Å². The highest BCUT2D eigenvalue weighted by molar-refractivity contribution is 6.04. The van der Waals surface area contributed by atoms with Crippen LogP contribution in [0.4, 0.5) is 0 Å². The number of phenolic OH excluding ortho intramolecular Hbond substituents is 1. The molecule has 0 heterocycles. The summed E-state index contributed by atoms with van der Waals surface area (Å²) < 4.78 is 0. The van der Waals surface area contributed by atoms with Gasteiger partial charge in [-0.2, -0.15) is 0 Å². The molecular formula is C34H59NO3. The van der Waals surface area contributed by atoms with Gasteiger partial charge in [0.2, 0.25) is 5.91 Å². The van der Waals surface area contributed by atoms with Gasteiger partial charge in [0.1, 0.15) is 5.75 Å². The van der Waals surface area contributed by atoms with Crippen LogP contribution in [0.5, 0.6) is 5.75 Å². The molecule has 218 valence electrons. The van der Waals surface area contributed by atoms with Gasteiger partial charge in [0, 0.05) is 12.0 Å². The lowest BCUT2D eigenvalue weighted by molar-refractivity contribution is -0.120. The first kappa shape index (κ1) is 34.2. The second-order valence-electron chi connectivity index (χ2n) is 11.3. The van der Waals surface area contributed by atoms with Crippen molar-refractivity contribution in [2.45, 2.75) is 167 Å². The molecule has 0 aliphatic rings. The molecule has 0 unspecified atom stereocenters. The van der Waals surface area contributed by atoms with Crippen molar-refractivity contribution < 1.29 is 14.7 Å². The largest absolute Gasteiger partial charge is 0.508 e. The molecule has 1 aromatic rings. The van der Waals surface area contributed by atoms with Gasteiger partial charge in [-0.15, -0.1) is 0 Å². The fourth-order valence-electron chi connectivity index (χ4n) is 5.12. The van der Waals surface area contributed by atoms with Crippen LogP contribution in [0.25, 0.3) is 0 Å². The van der Waals surface area contributed by atoms with Gasteiger partial charge in [0.05, 0.1) is 0 Å². The summed E-state index contributed by atoms with van der Waals surface area (Å²) >= 11 is 0. The fraction of sp³-hybridized carbons (Fsp3) is 0.765. The third-order valence-corrected chi connectivity index (χ3v) is 7.64. The summed E-state index contributed by atoms with van der Waals surface area (Å²) in [6.45, 7) is 2.29. The van der Waals surface area contributed by atoms with Crippen molar-refractivity contribution in [3.05, 3.63) is 29.8 Å². The van der Waals surface area contributed by atoms with Gasteiger partial charge in [-0.05, 0) is 30.7 Å². The van der Waals surface area contributed by atoms with Gasteiger partial charge in [0.25, 0.3) is 5.91 Å². The summed E-state index contributed by atoms with van der Waals surface area (Å²) in [5.74, 6) is -0.519.